The van der Waals surface area contributed by atoms with E-state index in [1.54, 1.807) is 0 Å². The molecule has 12 heavy (non-hydrogen) atoms. The van der Waals surface area contributed by atoms with Gasteiger partial charge in [-0.25, -0.2) is 0 Å². The fourth-order valence-corrected chi connectivity index (χ4v) is 2.71. The van der Waals surface area contributed by atoms with Crippen molar-refractivity contribution in [2.24, 2.45) is 17.8 Å². The molecule has 0 spiro atoms. The average Bonchev–Trinajstić information content (AvgIpc) is 2.61. The van der Waals surface area contributed by atoms with Gasteiger partial charge in [-0.3, -0.25) is 0 Å². The highest BCUT2D eigenvalue weighted by molar-refractivity contribution is 4.94. The lowest BCUT2D eigenvalue weighted by Crippen LogP contribution is -2.23. The van der Waals surface area contributed by atoms with E-state index in [-0.39, 0.29) is 6.29 Å². The zero-order valence-corrected chi connectivity index (χ0v) is 7.23. The summed E-state index contributed by atoms with van der Waals surface area (Å²) < 4.78 is 16.7. The maximum absolute atomic E-state index is 5.73. The van der Waals surface area contributed by atoms with Gasteiger partial charge in [-0.1, -0.05) is 6.92 Å². The van der Waals surface area contributed by atoms with Crippen molar-refractivity contribution in [3.8, 4) is 0 Å². The van der Waals surface area contributed by atoms with Crippen molar-refractivity contribution in [2.75, 3.05) is 19.8 Å². The molecule has 0 aromatic rings. The highest BCUT2D eigenvalue weighted by Crippen LogP contribution is 2.45. The van der Waals surface area contributed by atoms with Gasteiger partial charge in [0.2, 0.25) is 0 Å². The fraction of sp³-hybridized carbons (Fsp3) is 1.00. The third-order valence-electron chi connectivity index (χ3n) is 3.37. The molecule has 68 valence electrons. The Morgan fingerprint density at radius 3 is 3.00 bits per heavy atom. The number of hydrogen-bond acceptors (Lipinski definition) is 3. The highest BCUT2D eigenvalue weighted by atomic mass is 16.7. The van der Waals surface area contributed by atoms with Crippen molar-refractivity contribution in [1.82, 2.24) is 0 Å². The Morgan fingerprint density at radius 1 is 1.17 bits per heavy atom. The predicted molar refractivity (Wildman–Crippen MR) is 41.6 cm³/mol. The third-order valence-corrected chi connectivity index (χ3v) is 3.37. The molecular weight excluding hydrogens is 156 g/mol. The van der Waals surface area contributed by atoms with E-state index in [0.717, 1.165) is 19.8 Å². The molecule has 3 fully saturated rings. The molecule has 0 radical (unpaired) electrons. The molecule has 3 saturated heterocycles. The molecule has 0 aromatic carbocycles. The van der Waals surface area contributed by atoms with Gasteiger partial charge in [-0.05, 0) is 5.92 Å². The molecule has 0 bridgehead atoms. The van der Waals surface area contributed by atoms with Gasteiger partial charge in [-0.2, -0.15) is 0 Å². The van der Waals surface area contributed by atoms with E-state index in [0.29, 0.717) is 23.9 Å². The van der Waals surface area contributed by atoms with Gasteiger partial charge >= 0.3 is 0 Å². The van der Waals surface area contributed by atoms with Crippen molar-refractivity contribution in [2.45, 2.75) is 19.3 Å². The van der Waals surface area contributed by atoms with Crippen LogP contribution in [0.1, 0.15) is 6.92 Å². The van der Waals surface area contributed by atoms with Crippen LogP contribution in [0, 0.1) is 17.8 Å². The fourth-order valence-electron chi connectivity index (χ4n) is 2.71. The van der Waals surface area contributed by atoms with Crippen LogP contribution in [0.25, 0.3) is 0 Å². The lowest BCUT2D eigenvalue weighted by molar-refractivity contribution is -0.123. The van der Waals surface area contributed by atoms with Crippen molar-refractivity contribution in [3.63, 3.8) is 0 Å². The normalized spacial score (nSPS) is 57.2. The maximum atomic E-state index is 5.73. The molecule has 3 heterocycles. The topological polar surface area (TPSA) is 27.7 Å². The zero-order valence-electron chi connectivity index (χ0n) is 7.23. The van der Waals surface area contributed by atoms with Crippen molar-refractivity contribution >= 4 is 0 Å². The van der Waals surface area contributed by atoms with E-state index in [1.807, 2.05) is 0 Å². The molecule has 0 amide bonds. The Morgan fingerprint density at radius 2 is 2.08 bits per heavy atom. The first-order chi connectivity index (χ1) is 5.86. The standard InChI is InChI=1S/C9H14O3/c1-5-2-11-9-8(5)6-3-10-4-7(6)12-9/h5-9H,2-4H2,1H3. The molecule has 0 saturated carbocycles. The zero-order chi connectivity index (χ0) is 8.13. The van der Waals surface area contributed by atoms with Gasteiger partial charge in [0, 0.05) is 11.8 Å². The van der Waals surface area contributed by atoms with E-state index < -0.39 is 0 Å². The summed E-state index contributed by atoms with van der Waals surface area (Å²) in [5, 5.41) is 0. The van der Waals surface area contributed by atoms with Gasteiger partial charge in [0.25, 0.3) is 0 Å². The van der Waals surface area contributed by atoms with Gasteiger partial charge in [-0.15, -0.1) is 0 Å². The first kappa shape index (κ1) is 7.30. The largest absolute Gasteiger partial charge is 0.378 e. The Balaban J connectivity index is 1.85. The van der Waals surface area contributed by atoms with E-state index >= 15 is 0 Å². The van der Waals surface area contributed by atoms with Crippen LogP contribution < -0.4 is 0 Å². The number of ether oxygens (including phenoxy) is 3. The summed E-state index contributed by atoms with van der Waals surface area (Å²) in [5.74, 6) is 1.84. The minimum absolute atomic E-state index is 0.0823. The molecule has 3 aliphatic rings. The summed E-state index contributed by atoms with van der Waals surface area (Å²) in [6, 6.07) is 0. The van der Waals surface area contributed by atoms with Gasteiger partial charge in [0.1, 0.15) is 0 Å². The summed E-state index contributed by atoms with van der Waals surface area (Å²) in [6.07, 6.45) is 0.404. The molecule has 0 N–H and O–H groups in total. The summed E-state index contributed by atoms with van der Waals surface area (Å²) in [4.78, 5) is 0. The van der Waals surface area contributed by atoms with Crippen LogP contribution in [0.2, 0.25) is 0 Å². The smallest absolute Gasteiger partial charge is 0.161 e. The molecule has 5 atom stereocenters. The minimum atomic E-state index is 0.0823. The second-order valence-corrected chi connectivity index (χ2v) is 4.13. The number of fused-ring (bicyclic) bond motifs is 3. The molecule has 3 heteroatoms. The second kappa shape index (κ2) is 2.44. The first-order valence-electron chi connectivity index (χ1n) is 4.71. The number of rotatable bonds is 0. The first-order valence-corrected chi connectivity index (χ1v) is 4.71. The third kappa shape index (κ3) is 0.817. The van der Waals surface area contributed by atoms with Gasteiger partial charge in [0.15, 0.2) is 6.29 Å². The SMILES string of the molecule is CC1COC2OC3COCC3C12. The van der Waals surface area contributed by atoms with Crippen LogP contribution >= 0.6 is 0 Å². The average molecular weight is 170 g/mol. The van der Waals surface area contributed by atoms with Crippen LogP contribution in [0.5, 0.6) is 0 Å². The van der Waals surface area contributed by atoms with Crippen LogP contribution in [0.3, 0.4) is 0 Å². The van der Waals surface area contributed by atoms with Crippen molar-refractivity contribution in [1.29, 1.82) is 0 Å². The Hall–Kier alpha value is -0.120. The van der Waals surface area contributed by atoms with Gasteiger partial charge in [0.05, 0.1) is 25.9 Å². The lowest BCUT2D eigenvalue weighted by atomic mass is 9.85. The summed E-state index contributed by atoms with van der Waals surface area (Å²) in [7, 11) is 0. The summed E-state index contributed by atoms with van der Waals surface area (Å²) in [6.45, 7) is 4.75. The minimum Gasteiger partial charge on any atom is -0.378 e. The number of hydrogen-bond donors (Lipinski definition) is 0. The van der Waals surface area contributed by atoms with E-state index in [1.165, 1.54) is 0 Å². The summed E-state index contributed by atoms with van der Waals surface area (Å²) >= 11 is 0. The van der Waals surface area contributed by atoms with Gasteiger partial charge < -0.3 is 14.2 Å². The Bertz CT molecular complexity index is 194. The van der Waals surface area contributed by atoms with Crippen molar-refractivity contribution < 1.29 is 14.2 Å². The van der Waals surface area contributed by atoms with E-state index in [4.69, 9.17) is 14.2 Å². The predicted octanol–water partition coefficient (Wildman–Crippen LogP) is 0.640. The van der Waals surface area contributed by atoms with E-state index in [9.17, 15) is 0 Å². The van der Waals surface area contributed by atoms with Crippen LogP contribution in [0.15, 0.2) is 0 Å². The quantitative estimate of drug-likeness (QED) is 0.534. The molecule has 3 rings (SSSR count). The monoisotopic (exact) mass is 170 g/mol. The Labute approximate surface area is 72.0 Å². The van der Waals surface area contributed by atoms with Crippen molar-refractivity contribution in [3.05, 3.63) is 0 Å². The molecule has 0 aromatic heterocycles. The van der Waals surface area contributed by atoms with Crippen LogP contribution in [-0.4, -0.2) is 32.2 Å². The second-order valence-electron chi connectivity index (χ2n) is 4.13. The Kier molecular flexibility index (Phi) is 1.48. The molecule has 5 unspecified atom stereocenters. The van der Waals surface area contributed by atoms with Crippen LogP contribution in [0.4, 0.5) is 0 Å². The molecule has 0 aliphatic carbocycles. The maximum Gasteiger partial charge on any atom is 0.161 e. The highest BCUT2D eigenvalue weighted by Gasteiger charge is 2.53. The summed E-state index contributed by atoms with van der Waals surface area (Å²) in [5.41, 5.74) is 0. The van der Waals surface area contributed by atoms with Crippen LogP contribution in [-0.2, 0) is 14.2 Å². The molecule has 3 nitrogen and oxygen atoms in total. The van der Waals surface area contributed by atoms with E-state index in [2.05, 4.69) is 6.92 Å². The lowest BCUT2D eigenvalue weighted by Gasteiger charge is -2.15. The molecule has 3 aliphatic heterocycles. The molecular formula is C9H14O3.